The van der Waals surface area contributed by atoms with Crippen LogP contribution in [0.5, 0.6) is 0 Å². The lowest BCUT2D eigenvalue weighted by atomic mass is 10.1. The summed E-state index contributed by atoms with van der Waals surface area (Å²) in [5, 5.41) is 35.5. The number of imidazole rings is 1. The minimum Gasteiger partial charge on any atom is -0.876 e. The number of rotatable bonds is 5. The Morgan fingerprint density at radius 3 is 2.70 bits per heavy atom. The van der Waals surface area contributed by atoms with Crippen molar-refractivity contribution < 1.29 is 24.9 Å². The molecule has 4 atom stereocenters. The quantitative estimate of drug-likeness (QED) is 0.251. The van der Waals surface area contributed by atoms with Crippen molar-refractivity contribution in [1.82, 2.24) is 24.8 Å². The predicted octanol–water partition coefficient (Wildman–Crippen LogP) is 0.288. The average Bonchev–Trinajstić information content (AvgIpc) is 3.33. The van der Waals surface area contributed by atoms with Crippen LogP contribution in [-0.4, -0.2) is 61.0 Å². The van der Waals surface area contributed by atoms with E-state index in [0.29, 0.717) is 23.5 Å². The molecule has 0 bridgehead atoms. The van der Waals surface area contributed by atoms with Gasteiger partial charge in [-0.1, -0.05) is 19.1 Å². The maximum Gasteiger partial charge on any atom is 0.251 e. The van der Waals surface area contributed by atoms with Gasteiger partial charge in [0.1, 0.15) is 18.5 Å². The molecule has 1 amide bonds. The molecule has 1 aliphatic rings. The fourth-order valence-electron chi connectivity index (χ4n) is 3.25. The van der Waals surface area contributed by atoms with E-state index in [2.05, 4.69) is 60.8 Å². The van der Waals surface area contributed by atoms with Crippen molar-refractivity contribution >= 4 is 45.5 Å². The maximum atomic E-state index is 11.9. The van der Waals surface area contributed by atoms with Gasteiger partial charge in [-0.15, -0.1) is 12.3 Å². The molecule has 4 N–H and O–H groups in total. The molecule has 4 rings (SSSR count). The summed E-state index contributed by atoms with van der Waals surface area (Å²) < 4.78 is 8.23. The number of hydrogen-bond donors (Lipinski definition) is 4. The number of benzene rings is 1. The zero-order valence-corrected chi connectivity index (χ0v) is 20.1. The second-order valence-corrected chi connectivity index (χ2v) is 8.52. The van der Waals surface area contributed by atoms with Gasteiger partial charge < -0.3 is 30.7 Å². The van der Waals surface area contributed by atoms with Crippen LogP contribution in [0.15, 0.2) is 49.3 Å². The molecular weight excluding hydrogens is 543 g/mol. The number of nitrogens with zero attached hydrogens (tertiary/aromatic N) is 4. The molecular formula is C21H24IN6O5-. The number of fused-ring (bicyclic) bond motifs is 1. The van der Waals surface area contributed by atoms with E-state index in [9.17, 15) is 20.1 Å². The van der Waals surface area contributed by atoms with Gasteiger partial charge in [-0.3, -0.25) is 9.36 Å². The van der Waals surface area contributed by atoms with Gasteiger partial charge in [0.05, 0.1) is 6.33 Å². The molecule has 3 heterocycles. The van der Waals surface area contributed by atoms with Crippen LogP contribution in [0.1, 0.15) is 18.7 Å². The van der Waals surface area contributed by atoms with Crippen LogP contribution in [0.4, 0.5) is 5.82 Å². The van der Waals surface area contributed by atoms with Gasteiger partial charge in [0.2, 0.25) is 0 Å². The van der Waals surface area contributed by atoms with Crippen LogP contribution in [0.2, 0.25) is 0 Å². The molecule has 2 aromatic heterocycles. The molecule has 1 aromatic carbocycles. The molecule has 33 heavy (non-hydrogen) atoms. The molecule has 176 valence electrons. The van der Waals surface area contributed by atoms with Gasteiger partial charge >= 0.3 is 0 Å². The summed E-state index contributed by atoms with van der Waals surface area (Å²) in [5.74, 6) is -0.0681. The van der Waals surface area contributed by atoms with Gasteiger partial charge in [0.25, 0.3) is 5.91 Å². The lowest BCUT2D eigenvalue weighted by Gasteiger charge is -2.16. The number of hydrogen-bond acceptors (Lipinski definition) is 9. The van der Waals surface area contributed by atoms with Crippen LogP contribution in [0.25, 0.3) is 11.2 Å². The predicted molar refractivity (Wildman–Crippen MR) is 127 cm³/mol. The van der Waals surface area contributed by atoms with Crippen molar-refractivity contribution in [3.63, 3.8) is 0 Å². The van der Waals surface area contributed by atoms with E-state index < -0.39 is 30.4 Å². The number of aliphatic hydroxyl groups is 2. The third-order valence-corrected chi connectivity index (χ3v) is 5.40. The molecule has 12 heteroatoms. The minimum atomic E-state index is -1.36. The molecule has 1 aliphatic heterocycles. The topological polar surface area (TPSA) is 157 Å². The Bertz CT molecular complexity index is 1140. The first-order valence-electron chi connectivity index (χ1n) is 9.94. The summed E-state index contributed by atoms with van der Waals surface area (Å²) in [5.41, 5.74) is 2.00. The highest BCUT2D eigenvalue weighted by Crippen LogP contribution is 2.32. The largest absolute Gasteiger partial charge is 0.876 e. The van der Waals surface area contributed by atoms with Gasteiger partial charge in [-0.2, -0.15) is 0 Å². The zero-order chi connectivity index (χ0) is 24.1. The third kappa shape index (κ3) is 5.76. The summed E-state index contributed by atoms with van der Waals surface area (Å²) in [6.45, 7) is 4.97. The number of aromatic nitrogens is 4. The van der Waals surface area contributed by atoms with Crippen LogP contribution >= 0.6 is 22.6 Å². The summed E-state index contributed by atoms with van der Waals surface area (Å²) in [6.07, 6.45) is -2.04. The van der Waals surface area contributed by atoms with Crippen molar-refractivity contribution in [2.75, 3.05) is 12.4 Å². The highest BCUT2D eigenvalue weighted by molar-refractivity contribution is 14.1. The highest BCUT2D eigenvalue weighted by atomic mass is 127. The fourth-order valence-corrected chi connectivity index (χ4v) is 3.86. The van der Waals surface area contributed by atoms with E-state index >= 15 is 0 Å². The first-order chi connectivity index (χ1) is 15.7. The molecule has 0 spiro atoms. The van der Waals surface area contributed by atoms with Crippen LogP contribution < -0.4 is 15.7 Å². The number of allylic oxidation sites excluding steroid dienone is 1. The number of halogens is 1. The summed E-state index contributed by atoms with van der Waals surface area (Å²) in [4.78, 5) is 24.7. The van der Waals surface area contributed by atoms with E-state index in [-0.39, 0.29) is 5.76 Å². The molecule has 0 radical (unpaired) electrons. The zero-order valence-electron chi connectivity index (χ0n) is 18.0. The molecule has 1 saturated heterocycles. The van der Waals surface area contributed by atoms with Gasteiger partial charge in [-0.25, -0.2) is 15.0 Å². The SMILES string of the molecule is C=C(C)[O-].CNC(=O)[C@H]1O[C@@H](n2cnc3c(NCc4cccc(I)c4)ncnc32)[C@H](O)[C@@H]1O. The number of carbonyl (C=O) groups is 1. The van der Waals surface area contributed by atoms with E-state index in [1.807, 2.05) is 18.2 Å². The second kappa shape index (κ2) is 10.9. The average molecular weight is 567 g/mol. The second-order valence-electron chi connectivity index (χ2n) is 7.27. The molecule has 0 unspecified atom stereocenters. The molecule has 0 aliphatic carbocycles. The monoisotopic (exact) mass is 567 g/mol. The van der Waals surface area contributed by atoms with E-state index in [0.717, 1.165) is 9.13 Å². The fraction of sp³-hybridized carbons (Fsp3) is 0.333. The first kappa shape index (κ1) is 24.8. The highest BCUT2D eigenvalue weighted by Gasteiger charge is 2.47. The third-order valence-electron chi connectivity index (χ3n) is 4.73. The lowest BCUT2D eigenvalue weighted by Crippen LogP contribution is -2.41. The van der Waals surface area contributed by atoms with Crippen molar-refractivity contribution in [2.24, 2.45) is 0 Å². The Hall–Kier alpha value is -2.81. The van der Waals surface area contributed by atoms with Crippen molar-refractivity contribution in [1.29, 1.82) is 0 Å². The Balaban J connectivity index is 0.000000709. The van der Waals surface area contributed by atoms with Crippen LogP contribution in [0.3, 0.4) is 0 Å². The summed E-state index contributed by atoms with van der Waals surface area (Å²) in [6, 6.07) is 8.07. The first-order valence-corrected chi connectivity index (χ1v) is 11.0. The van der Waals surface area contributed by atoms with Crippen LogP contribution in [-0.2, 0) is 16.1 Å². The van der Waals surface area contributed by atoms with Crippen molar-refractivity contribution in [3.8, 4) is 0 Å². The number of ether oxygens (including phenoxy) is 1. The Morgan fingerprint density at radius 2 is 2.03 bits per heavy atom. The lowest BCUT2D eigenvalue weighted by molar-refractivity contribution is -0.300. The maximum absolute atomic E-state index is 11.9. The Morgan fingerprint density at radius 1 is 1.30 bits per heavy atom. The summed E-state index contributed by atoms with van der Waals surface area (Å²) in [7, 11) is 1.43. The van der Waals surface area contributed by atoms with E-state index in [4.69, 9.17) is 4.74 Å². The van der Waals surface area contributed by atoms with Gasteiger partial charge in [0.15, 0.2) is 29.3 Å². The molecule has 3 aromatic rings. The molecule has 1 fully saturated rings. The Kier molecular flexibility index (Phi) is 8.18. The number of aliphatic hydroxyl groups excluding tert-OH is 2. The summed E-state index contributed by atoms with van der Waals surface area (Å²) >= 11 is 2.26. The van der Waals surface area contributed by atoms with E-state index in [1.165, 1.54) is 31.2 Å². The van der Waals surface area contributed by atoms with E-state index in [1.54, 1.807) is 0 Å². The Labute approximate surface area is 203 Å². The number of anilines is 1. The number of likely N-dealkylation sites (N-methyl/N-ethyl adjacent to an activating group) is 1. The normalized spacial score (nSPS) is 21.8. The number of nitrogens with one attached hydrogen (secondary N) is 2. The van der Waals surface area contributed by atoms with Crippen molar-refractivity contribution in [3.05, 3.63) is 58.4 Å². The van der Waals surface area contributed by atoms with Gasteiger partial charge in [-0.05, 0) is 40.3 Å². The number of carbonyl (C=O) groups excluding carboxylic acids is 1. The van der Waals surface area contributed by atoms with Gasteiger partial charge in [0, 0.05) is 17.2 Å². The molecule has 11 nitrogen and oxygen atoms in total. The standard InChI is InChI=1S/C18H19IN6O4.C3H6O/c1-20-17(28)14-12(26)13(27)18(29-14)25-8-24-11-15(22-7-23-16(11)25)21-6-9-3-2-4-10(19)5-9;1-3(2)4/h2-5,7-8,12-14,18,26-27H,6H2,1H3,(H,20,28)(H,21,22,23);4H,1H2,2H3/p-1/t12-,13+,14-,18+;/m0./s1. The van der Waals surface area contributed by atoms with Crippen LogP contribution in [0, 0.1) is 3.57 Å². The molecule has 0 saturated carbocycles. The number of amides is 1. The van der Waals surface area contributed by atoms with Crippen molar-refractivity contribution in [2.45, 2.75) is 38.0 Å². The smallest absolute Gasteiger partial charge is 0.251 e. The minimum absolute atomic E-state index is 0.0833.